The molecular weight excluding hydrogens is 372 g/mol. The lowest BCUT2D eigenvalue weighted by molar-refractivity contribution is -0.130. The first kappa shape index (κ1) is 18.7. The molecule has 0 radical (unpaired) electrons. The third-order valence-corrected chi connectivity index (χ3v) is 8.91. The van der Waals surface area contributed by atoms with Crippen LogP contribution in [-0.4, -0.2) is 35.0 Å². The molecule has 30 heavy (non-hydrogen) atoms. The van der Waals surface area contributed by atoms with E-state index in [4.69, 9.17) is 4.98 Å². The molecule has 1 atom stereocenters. The number of aromatic nitrogens is 2. The Bertz CT molecular complexity index is 873. The van der Waals surface area contributed by atoms with Crippen LogP contribution >= 0.6 is 0 Å². The molecule has 1 aliphatic heterocycles. The lowest BCUT2D eigenvalue weighted by atomic mass is 9.48. The molecule has 2 aromatic rings. The fraction of sp³-hybridized carbons (Fsp3) is 0.680. The maximum Gasteiger partial charge on any atom is 0.223 e. The lowest BCUT2D eigenvalue weighted by Gasteiger charge is -2.59. The summed E-state index contributed by atoms with van der Waals surface area (Å²) in [6, 6.07) is 8.49. The Balaban J connectivity index is 1.07. The number of nitrogens with one attached hydrogen (secondary N) is 2. The van der Waals surface area contributed by atoms with E-state index in [-0.39, 0.29) is 5.92 Å². The monoisotopic (exact) mass is 406 g/mol. The first-order valence-electron chi connectivity index (χ1n) is 12.1. The SMILES string of the molecule is C[C@H](NC(=O)C1CCN(c2nc3ccccc3[nH]2)CC1)C12CC3CC(CC(C3)C1)C2. The zero-order valence-corrected chi connectivity index (χ0v) is 18.1. The van der Waals surface area contributed by atoms with Crippen LogP contribution in [0.1, 0.15) is 58.3 Å². The van der Waals surface area contributed by atoms with Gasteiger partial charge in [0.1, 0.15) is 0 Å². The van der Waals surface area contributed by atoms with Crippen molar-refractivity contribution < 1.29 is 4.79 Å². The maximum absolute atomic E-state index is 13.1. The van der Waals surface area contributed by atoms with Crippen LogP contribution in [0.3, 0.4) is 0 Å². The predicted molar refractivity (Wildman–Crippen MR) is 119 cm³/mol. The quantitative estimate of drug-likeness (QED) is 0.786. The molecule has 2 heterocycles. The highest BCUT2D eigenvalue weighted by Crippen LogP contribution is 2.61. The Hall–Kier alpha value is -2.04. The van der Waals surface area contributed by atoms with Gasteiger partial charge in [-0.05, 0) is 93.6 Å². The molecule has 5 fully saturated rings. The molecule has 5 nitrogen and oxygen atoms in total. The van der Waals surface area contributed by atoms with Crippen molar-refractivity contribution in [2.24, 2.45) is 29.1 Å². The molecule has 2 N–H and O–H groups in total. The number of carbonyl (C=O) groups excluding carboxylic acids is 1. The van der Waals surface area contributed by atoms with Crippen LogP contribution in [0.25, 0.3) is 11.0 Å². The van der Waals surface area contributed by atoms with Crippen LogP contribution in [-0.2, 0) is 4.79 Å². The predicted octanol–water partition coefficient (Wildman–Crippen LogP) is 4.50. The Morgan fingerprint density at radius 2 is 1.73 bits per heavy atom. The summed E-state index contributed by atoms with van der Waals surface area (Å²) in [6.45, 7) is 4.09. The van der Waals surface area contributed by atoms with Gasteiger partial charge in [-0.3, -0.25) is 4.79 Å². The second-order valence-corrected chi connectivity index (χ2v) is 10.8. The van der Waals surface area contributed by atoms with Crippen molar-refractivity contribution in [2.75, 3.05) is 18.0 Å². The lowest BCUT2D eigenvalue weighted by Crippen LogP contribution is -2.56. The number of H-pyrrole nitrogens is 1. The number of para-hydroxylation sites is 2. The van der Waals surface area contributed by atoms with Gasteiger partial charge in [-0.1, -0.05) is 12.1 Å². The van der Waals surface area contributed by atoms with E-state index < -0.39 is 0 Å². The minimum Gasteiger partial charge on any atom is -0.353 e. The van der Waals surface area contributed by atoms with Gasteiger partial charge in [0.2, 0.25) is 11.9 Å². The molecule has 0 unspecified atom stereocenters. The number of imidazole rings is 1. The molecule has 5 aliphatic rings. The number of aromatic amines is 1. The molecule has 1 amide bonds. The Kier molecular flexibility index (Phi) is 4.36. The number of fused-ring (bicyclic) bond motifs is 1. The van der Waals surface area contributed by atoms with Crippen LogP contribution in [0, 0.1) is 29.1 Å². The topological polar surface area (TPSA) is 61.0 Å². The van der Waals surface area contributed by atoms with Gasteiger partial charge in [-0.2, -0.15) is 0 Å². The molecule has 1 saturated heterocycles. The number of piperidine rings is 1. The molecule has 1 aromatic heterocycles. The second kappa shape index (κ2) is 7.00. The largest absolute Gasteiger partial charge is 0.353 e. The van der Waals surface area contributed by atoms with Crippen molar-refractivity contribution >= 4 is 22.9 Å². The molecule has 0 spiro atoms. The van der Waals surface area contributed by atoms with Gasteiger partial charge >= 0.3 is 0 Å². The minimum absolute atomic E-state index is 0.141. The van der Waals surface area contributed by atoms with Gasteiger partial charge in [-0.25, -0.2) is 4.98 Å². The smallest absolute Gasteiger partial charge is 0.223 e. The average molecular weight is 407 g/mol. The molecule has 7 rings (SSSR count). The van der Waals surface area contributed by atoms with Crippen LogP contribution in [0.5, 0.6) is 0 Å². The zero-order valence-electron chi connectivity index (χ0n) is 18.1. The van der Waals surface area contributed by atoms with E-state index in [1.807, 2.05) is 18.2 Å². The standard InChI is InChI=1S/C25H34N4O/c1-16(25-13-17-10-18(14-25)12-19(11-17)15-25)26-23(30)20-6-8-29(9-7-20)24-27-21-4-2-3-5-22(21)28-24/h2-5,16-20H,6-15H2,1H3,(H,26,30)(H,27,28)/t16-,17?,18?,19?,25?/m0/s1. The normalized spacial score (nSPS) is 34.4. The van der Waals surface area contributed by atoms with Crippen LogP contribution in [0.2, 0.25) is 0 Å². The van der Waals surface area contributed by atoms with E-state index in [1.165, 1.54) is 38.5 Å². The fourth-order valence-electron chi connectivity index (χ4n) is 7.63. The number of hydrogen-bond donors (Lipinski definition) is 2. The summed E-state index contributed by atoms with van der Waals surface area (Å²) in [6.07, 6.45) is 10.3. The summed E-state index contributed by atoms with van der Waals surface area (Å²) < 4.78 is 0. The van der Waals surface area contributed by atoms with E-state index in [0.29, 0.717) is 17.4 Å². The number of rotatable bonds is 4. The number of nitrogens with zero attached hydrogens (tertiary/aromatic N) is 2. The minimum atomic E-state index is 0.141. The highest BCUT2D eigenvalue weighted by atomic mass is 16.2. The second-order valence-electron chi connectivity index (χ2n) is 10.8. The van der Waals surface area contributed by atoms with Crippen molar-refractivity contribution in [3.63, 3.8) is 0 Å². The number of carbonyl (C=O) groups is 1. The summed E-state index contributed by atoms with van der Waals surface area (Å²) in [5.74, 6) is 4.18. The number of benzene rings is 1. The van der Waals surface area contributed by atoms with Crippen LogP contribution in [0.4, 0.5) is 5.95 Å². The summed E-state index contributed by atoms with van der Waals surface area (Å²) in [5.41, 5.74) is 2.48. The van der Waals surface area contributed by atoms with E-state index in [1.54, 1.807) is 0 Å². The van der Waals surface area contributed by atoms with Crippen LogP contribution in [0.15, 0.2) is 24.3 Å². The third-order valence-electron chi connectivity index (χ3n) is 8.91. The summed E-state index contributed by atoms with van der Waals surface area (Å²) >= 11 is 0. The molecule has 1 aromatic carbocycles. The number of hydrogen-bond acceptors (Lipinski definition) is 3. The molecule has 160 valence electrons. The van der Waals surface area contributed by atoms with Crippen molar-refractivity contribution in [3.05, 3.63) is 24.3 Å². The molecule has 4 saturated carbocycles. The van der Waals surface area contributed by atoms with Crippen LogP contribution < -0.4 is 10.2 Å². The van der Waals surface area contributed by atoms with E-state index in [9.17, 15) is 4.79 Å². The summed E-state index contributed by atoms with van der Waals surface area (Å²) in [5, 5.41) is 3.50. The Morgan fingerprint density at radius 1 is 1.10 bits per heavy atom. The molecular formula is C25H34N4O. The van der Waals surface area contributed by atoms with Crippen molar-refractivity contribution in [2.45, 2.75) is 64.3 Å². The molecule has 5 heteroatoms. The Labute approximate surface area is 179 Å². The number of amides is 1. The highest BCUT2D eigenvalue weighted by molar-refractivity contribution is 5.80. The van der Waals surface area contributed by atoms with Crippen molar-refractivity contribution in [3.8, 4) is 0 Å². The summed E-state index contributed by atoms with van der Waals surface area (Å²) in [7, 11) is 0. The van der Waals surface area contributed by atoms with E-state index in [0.717, 1.165) is 60.7 Å². The first-order valence-corrected chi connectivity index (χ1v) is 12.1. The number of anilines is 1. The summed E-state index contributed by atoms with van der Waals surface area (Å²) in [4.78, 5) is 23.6. The van der Waals surface area contributed by atoms with Gasteiger partial charge in [0.25, 0.3) is 0 Å². The van der Waals surface area contributed by atoms with Crippen molar-refractivity contribution in [1.29, 1.82) is 0 Å². The third kappa shape index (κ3) is 3.12. The maximum atomic E-state index is 13.1. The first-order chi connectivity index (χ1) is 14.6. The van der Waals surface area contributed by atoms with Gasteiger partial charge in [0.15, 0.2) is 0 Å². The van der Waals surface area contributed by atoms with Gasteiger partial charge in [-0.15, -0.1) is 0 Å². The van der Waals surface area contributed by atoms with E-state index >= 15 is 0 Å². The van der Waals surface area contributed by atoms with Gasteiger partial charge < -0.3 is 15.2 Å². The molecule has 4 bridgehead atoms. The fourth-order valence-corrected chi connectivity index (χ4v) is 7.63. The Morgan fingerprint density at radius 3 is 2.37 bits per heavy atom. The van der Waals surface area contributed by atoms with Gasteiger partial charge in [0.05, 0.1) is 11.0 Å². The van der Waals surface area contributed by atoms with Gasteiger partial charge in [0, 0.05) is 25.0 Å². The zero-order chi connectivity index (χ0) is 20.3. The van der Waals surface area contributed by atoms with Crippen molar-refractivity contribution in [1.82, 2.24) is 15.3 Å². The average Bonchev–Trinajstić information content (AvgIpc) is 3.17. The van der Waals surface area contributed by atoms with E-state index in [2.05, 4.69) is 28.2 Å². The highest BCUT2D eigenvalue weighted by Gasteiger charge is 2.53. The molecule has 4 aliphatic carbocycles.